The van der Waals surface area contributed by atoms with Gasteiger partial charge in [-0.25, -0.2) is 9.07 Å². The van der Waals surface area contributed by atoms with Gasteiger partial charge in [0.2, 0.25) is 0 Å². The van der Waals surface area contributed by atoms with Crippen molar-refractivity contribution in [3.63, 3.8) is 0 Å². The molecule has 0 atom stereocenters. The molecule has 0 unspecified atom stereocenters. The fourth-order valence-electron chi connectivity index (χ4n) is 2.37. The minimum atomic E-state index is -0.485. The van der Waals surface area contributed by atoms with E-state index in [-0.39, 0.29) is 23.9 Å². The third-order valence-corrected chi connectivity index (χ3v) is 3.83. The van der Waals surface area contributed by atoms with E-state index in [9.17, 15) is 14.0 Å². The highest BCUT2D eigenvalue weighted by atomic mass is 19.1. The Bertz CT molecular complexity index is 980. The van der Waals surface area contributed by atoms with Gasteiger partial charge < -0.3 is 15.4 Å². The first kappa shape index (κ1) is 19.1. The zero-order valence-corrected chi connectivity index (χ0v) is 15.3. The van der Waals surface area contributed by atoms with Crippen LogP contribution in [-0.4, -0.2) is 38.4 Å². The molecule has 1 aromatic carbocycles. The molecule has 10 heteroatoms. The number of benzene rings is 1. The predicted molar refractivity (Wildman–Crippen MR) is 98.5 cm³/mol. The van der Waals surface area contributed by atoms with Crippen LogP contribution in [0.4, 0.5) is 10.1 Å². The second kappa shape index (κ2) is 8.33. The molecule has 0 fully saturated rings. The molecule has 2 amide bonds. The fourth-order valence-corrected chi connectivity index (χ4v) is 2.37. The Balaban J connectivity index is 1.66. The van der Waals surface area contributed by atoms with E-state index in [0.29, 0.717) is 18.0 Å². The number of anilines is 1. The molecular weight excluding hydrogens is 367 g/mol. The molecule has 0 saturated heterocycles. The van der Waals surface area contributed by atoms with Crippen LogP contribution in [0.3, 0.4) is 0 Å². The zero-order chi connectivity index (χ0) is 20.1. The van der Waals surface area contributed by atoms with Crippen molar-refractivity contribution in [3.8, 4) is 5.75 Å². The van der Waals surface area contributed by atoms with Gasteiger partial charge in [0.25, 0.3) is 11.8 Å². The van der Waals surface area contributed by atoms with Crippen LogP contribution in [0.15, 0.2) is 42.7 Å². The number of halogens is 1. The average Bonchev–Trinajstić information content (AvgIpc) is 3.34. The quantitative estimate of drug-likeness (QED) is 0.645. The lowest BCUT2D eigenvalue weighted by Gasteiger charge is -2.06. The highest BCUT2D eigenvalue weighted by Crippen LogP contribution is 2.15. The normalized spacial score (nSPS) is 10.5. The highest BCUT2D eigenvalue weighted by Gasteiger charge is 2.19. The van der Waals surface area contributed by atoms with E-state index in [4.69, 9.17) is 4.74 Å². The topological polar surface area (TPSA) is 103 Å². The van der Waals surface area contributed by atoms with Crippen LogP contribution in [0.1, 0.15) is 27.9 Å². The number of carbonyl (C=O) groups is 2. The number of hydrogen-bond donors (Lipinski definition) is 2. The fraction of sp³-hybridized carbons (Fsp3) is 0.222. The van der Waals surface area contributed by atoms with E-state index in [0.717, 1.165) is 0 Å². The highest BCUT2D eigenvalue weighted by molar-refractivity contribution is 6.07. The molecule has 0 saturated carbocycles. The van der Waals surface area contributed by atoms with Crippen molar-refractivity contribution in [2.24, 2.45) is 0 Å². The van der Waals surface area contributed by atoms with Crippen LogP contribution >= 0.6 is 0 Å². The van der Waals surface area contributed by atoms with E-state index in [1.165, 1.54) is 42.1 Å². The molecule has 0 bridgehead atoms. The third kappa shape index (κ3) is 4.34. The van der Waals surface area contributed by atoms with Gasteiger partial charge in [0.1, 0.15) is 11.6 Å². The summed E-state index contributed by atoms with van der Waals surface area (Å²) in [5.74, 6) is -0.764. The molecule has 2 heterocycles. The molecule has 28 heavy (non-hydrogen) atoms. The van der Waals surface area contributed by atoms with E-state index < -0.39 is 11.8 Å². The molecule has 0 aliphatic rings. The standard InChI is InChI=1S/C18H19FN6O3/c1-3-24-10-15(16(23-24)18(27)20-2)21-17(26)14-8-9-25(22-14)11-28-13-6-4-12(19)5-7-13/h4-10H,3,11H2,1-2H3,(H,20,27)(H,21,26). The first-order chi connectivity index (χ1) is 13.5. The van der Waals surface area contributed by atoms with Crippen molar-refractivity contribution in [3.05, 3.63) is 59.9 Å². The van der Waals surface area contributed by atoms with Crippen molar-refractivity contribution in [2.45, 2.75) is 20.2 Å². The molecule has 2 N–H and O–H groups in total. The molecule has 2 aromatic heterocycles. The number of aryl methyl sites for hydroxylation is 1. The second-order valence-electron chi connectivity index (χ2n) is 5.75. The van der Waals surface area contributed by atoms with Gasteiger partial charge >= 0.3 is 0 Å². The summed E-state index contributed by atoms with van der Waals surface area (Å²) in [6.07, 6.45) is 3.16. The Kier molecular flexibility index (Phi) is 5.68. The minimum absolute atomic E-state index is 0.0518. The molecule has 3 aromatic rings. The Morgan fingerprint density at radius 1 is 1.11 bits per heavy atom. The van der Waals surface area contributed by atoms with Gasteiger partial charge in [0.15, 0.2) is 18.1 Å². The predicted octanol–water partition coefficient (Wildman–Crippen LogP) is 1.89. The van der Waals surface area contributed by atoms with Gasteiger partial charge in [-0.15, -0.1) is 0 Å². The Morgan fingerprint density at radius 2 is 1.86 bits per heavy atom. The molecule has 3 rings (SSSR count). The van der Waals surface area contributed by atoms with E-state index in [1.807, 2.05) is 6.92 Å². The summed E-state index contributed by atoms with van der Waals surface area (Å²) in [7, 11) is 1.49. The van der Waals surface area contributed by atoms with Crippen LogP contribution in [0.2, 0.25) is 0 Å². The molecular formula is C18H19FN6O3. The summed E-state index contributed by atoms with van der Waals surface area (Å²) < 4.78 is 21.3. The van der Waals surface area contributed by atoms with Crippen LogP contribution in [0.5, 0.6) is 5.75 Å². The summed E-state index contributed by atoms with van der Waals surface area (Å²) in [5, 5.41) is 13.4. The largest absolute Gasteiger partial charge is 0.471 e. The average molecular weight is 386 g/mol. The number of hydrogen-bond acceptors (Lipinski definition) is 5. The summed E-state index contributed by atoms with van der Waals surface area (Å²) in [5.41, 5.74) is 0.565. The van der Waals surface area contributed by atoms with Gasteiger partial charge in [-0.1, -0.05) is 0 Å². The maximum atomic E-state index is 12.9. The first-order valence-corrected chi connectivity index (χ1v) is 8.53. The summed E-state index contributed by atoms with van der Waals surface area (Å²) in [6, 6.07) is 7.10. The zero-order valence-electron chi connectivity index (χ0n) is 15.3. The molecule has 0 aliphatic carbocycles. The number of nitrogens with one attached hydrogen (secondary N) is 2. The van der Waals surface area contributed by atoms with Crippen molar-refractivity contribution in [1.82, 2.24) is 24.9 Å². The lowest BCUT2D eigenvalue weighted by atomic mass is 10.3. The Hall–Kier alpha value is -3.69. The molecule has 0 radical (unpaired) electrons. The number of ether oxygens (including phenoxy) is 1. The van der Waals surface area contributed by atoms with Gasteiger partial charge in [-0.3, -0.25) is 14.3 Å². The van der Waals surface area contributed by atoms with Crippen LogP contribution < -0.4 is 15.4 Å². The van der Waals surface area contributed by atoms with Crippen molar-refractivity contribution >= 4 is 17.5 Å². The second-order valence-corrected chi connectivity index (χ2v) is 5.75. The summed E-state index contributed by atoms with van der Waals surface area (Å²) >= 11 is 0. The monoisotopic (exact) mass is 386 g/mol. The van der Waals surface area contributed by atoms with Gasteiger partial charge in [0, 0.05) is 26.0 Å². The molecule has 0 aliphatic heterocycles. The third-order valence-electron chi connectivity index (χ3n) is 3.83. The van der Waals surface area contributed by atoms with Crippen molar-refractivity contribution in [2.75, 3.05) is 12.4 Å². The van der Waals surface area contributed by atoms with Crippen LogP contribution in [0, 0.1) is 5.82 Å². The number of aromatic nitrogens is 4. The molecule has 0 spiro atoms. The SMILES string of the molecule is CCn1cc(NC(=O)c2ccn(COc3ccc(F)cc3)n2)c(C(=O)NC)n1. The maximum Gasteiger partial charge on any atom is 0.276 e. The van der Waals surface area contributed by atoms with Gasteiger partial charge in [0.05, 0.1) is 5.69 Å². The van der Waals surface area contributed by atoms with Crippen LogP contribution in [-0.2, 0) is 13.3 Å². The van der Waals surface area contributed by atoms with Crippen molar-refractivity contribution in [1.29, 1.82) is 0 Å². The number of rotatable bonds is 7. The first-order valence-electron chi connectivity index (χ1n) is 8.53. The smallest absolute Gasteiger partial charge is 0.276 e. The lowest BCUT2D eigenvalue weighted by Crippen LogP contribution is -2.22. The van der Waals surface area contributed by atoms with E-state index >= 15 is 0 Å². The van der Waals surface area contributed by atoms with Gasteiger partial charge in [-0.05, 0) is 37.3 Å². The Morgan fingerprint density at radius 3 is 2.54 bits per heavy atom. The number of carbonyl (C=O) groups excluding carboxylic acids is 2. The van der Waals surface area contributed by atoms with Crippen molar-refractivity contribution < 1.29 is 18.7 Å². The Labute approximate surface area is 160 Å². The number of nitrogens with zero attached hydrogens (tertiary/aromatic N) is 4. The summed E-state index contributed by atoms with van der Waals surface area (Å²) in [6.45, 7) is 2.47. The van der Waals surface area contributed by atoms with Crippen LogP contribution in [0.25, 0.3) is 0 Å². The van der Waals surface area contributed by atoms with E-state index in [1.54, 1.807) is 17.1 Å². The maximum absolute atomic E-state index is 12.9. The molecule has 146 valence electrons. The minimum Gasteiger partial charge on any atom is -0.471 e. The van der Waals surface area contributed by atoms with E-state index in [2.05, 4.69) is 20.8 Å². The lowest BCUT2D eigenvalue weighted by molar-refractivity contribution is 0.0958. The molecule has 9 nitrogen and oxygen atoms in total. The summed E-state index contributed by atoms with van der Waals surface area (Å²) in [4.78, 5) is 24.4. The number of amides is 2. The van der Waals surface area contributed by atoms with Gasteiger partial charge in [-0.2, -0.15) is 10.2 Å².